The molecule has 1 aromatic carbocycles. The van der Waals surface area contributed by atoms with Crippen LogP contribution in [0.3, 0.4) is 0 Å². The van der Waals surface area contributed by atoms with Crippen LogP contribution in [-0.4, -0.2) is 40.6 Å². The molecule has 0 radical (unpaired) electrons. The summed E-state index contributed by atoms with van der Waals surface area (Å²) < 4.78 is 81.2. The molecule has 0 amide bonds. The Morgan fingerprint density at radius 2 is 1.63 bits per heavy atom. The summed E-state index contributed by atoms with van der Waals surface area (Å²) >= 11 is 0. The van der Waals surface area contributed by atoms with Gasteiger partial charge in [-0.05, 0) is 30.7 Å². The van der Waals surface area contributed by atoms with Gasteiger partial charge in [-0.1, -0.05) is 0 Å². The largest absolute Gasteiger partial charge is 0.478 e. The molecule has 0 unspecified atom stereocenters. The minimum atomic E-state index is -5.03. The molecule has 0 bridgehead atoms. The van der Waals surface area contributed by atoms with Gasteiger partial charge in [-0.25, -0.2) is 14.5 Å². The van der Waals surface area contributed by atoms with Gasteiger partial charge in [0, 0.05) is 6.20 Å². The van der Waals surface area contributed by atoms with Crippen LogP contribution in [0.5, 0.6) is 0 Å². The number of carboxylic acid groups (broad SMARTS) is 1. The molecule has 16 heteroatoms. The van der Waals surface area contributed by atoms with E-state index < -0.39 is 41.0 Å². The summed E-state index contributed by atoms with van der Waals surface area (Å²) in [6.45, 7) is 1.28. The van der Waals surface area contributed by atoms with Crippen molar-refractivity contribution in [1.82, 2.24) is 29.5 Å². The molecular formula is C19H14F6N6O3S. The molecule has 3 heterocycles. The van der Waals surface area contributed by atoms with Gasteiger partial charge in [0.25, 0.3) is 5.56 Å². The summed E-state index contributed by atoms with van der Waals surface area (Å²) in [7, 11) is 0. The van der Waals surface area contributed by atoms with Crippen molar-refractivity contribution >= 4 is 30.5 Å². The number of carbonyl (C=O) groups is 1. The highest BCUT2D eigenvalue weighted by Crippen LogP contribution is 2.38. The van der Waals surface area contributed by atoms with Gasteiger partial charge in [0.1, 0.15) is 5.52 Å². The maximum Gasteiger partial charge on any atom is 0.416 e. The second-order valence-electron chi connectivity index (χ2n) is 7.21. The van der Waals surface area contributed by atoms with Gasteiger partial charge in [-0.15, -0.1) is 0 Å². The smallest absolute Gasteiger partial charge is 0.416 e. The van der Waals surface area contributed by atoms with E-state index in [-0.39, 0.29) is 47.7 Å². The van der Waals surface area contributed by atoms with Crippen LogP contribution in [0, 0.1) is 0 Å². The number of hydrogen-bond acceptors (Lipinski definition) is 5. The topological polar surface area (TPSA) is 119 Å². The van der Waals surface area contributed by atoms with Crippen LogP contribution in [0.1, 0.15) is 40.0 Å². The average molecular weight is 520 g/mol. The standard InChI is InChI=1S/C19H12F6N6O3.H2S/c1-8(9-2-11(18(20,21)22)4-12(3-9)19(23,24)25)31-14-13(6-27-31)28-17(29-15(14)32)30-7-10(5-26-30)16(33)34;/h2-8H,1H3,(H,33,34)(H,28,29,32);1H2/t8-;/m0./s1. The highest BCUT2D eigenvalue weighted by Gasteiger charge is 2.37. The number of hydrogen-bond donors (Lipinski definition) is 2. The molecule has 186 valence electrons. The highest BCUT2D eigenvalue weighted by atomic mass is 32.1. The van der Waals surface area contributed by atoms with Gasteiger partial charge < -0.3 is 5.11 Å². The first-order valence-corrected chi connectivity index (χ1v) is 9.31. The molecule has 0 saturated heterocycles. The number of nitrogens with zero attached hydrogens (tertiary/aromatic N) is 5. The number of benzene rings is 1. The minimum Gasteiger partial charge on any atom is -0.478 e. The van der Waals surface area contributed by atoms with Crippen molar-refractivity contribution in [3.8, 4) is 5.95 Å². The van der Waals surface area contributed by atoms with E-state index in [2.05, 4.69) is 20.2 Å². The summed E-state index contributed by atoms with van der Waals surface area (Å²) in [6, 6.07) is -0.0905. The summed E-state index contributed by atoms with van der Waals surface area (Å²) in [5, 5.41) is 16.7. The Labute approximate surface area is 197 Å². The van der Waals surface area contributed by atoms with Crippen LogP contribution in [0.2, 0.25) is 0 Å². The van der Waals surface area contributed by atoms with E-state index in [0.717, 1.165) is 28.0 Å². The Balaban J connectivity index is 0.00000342. The van der Waals surface area contributed by atoms with Gasteiger partial charge in [-0.2, -0.15) is 50.0 Å². The zero-order chi connectivity index (χ0) is 25.0. The summed E-state index contributed by atoms with van der Waals surface area (Å²) in [5.41, 5.74) is -4.63. The van der Waals surface area contributed by atoms with Gasteiger partial charge in [0.05, 0.1) is 35.1 Å². The third kappa shape index (κ3) is 4.87. The number of rotatable bonds is 4. The molecule has 0 fully saturated rings. The van der Waals surface area contributed by atoms with E-state index in [1.165, 1.54) is 6.92 Å². The quantitative estimate of drug-likeness (QED) is 0.396. The van der Waals surface area contributed by atoms with Crippen molar-refractivity contribution in [2.75, 3.05) is 0 Å². The average Bonchev–Trinajstić information content (AvgIpc) is 3.39. The summed E-state index contributed by atoms with van der Waals surface area (Å²) in [6.07, 6.45) is -6.86. The van der Waals surface area contributed by atoms with E-state index >= 15 is 0 Å². The van der Waals surface area contributed by atoms with E-state index in [4.69, 9.17) is 5.11 Å². The van der Waals surface area contributed by atoms with E-state index in [1.54, 1.807) is 0 Å². The normalized spacial score (nSPS) is 13.0. The van der Waals surface area contributed by atoms with Crippen molar-refractivity contribution < 1.29 is 36.2 Å². The molecule has 4 rings (SSSR count). The number of alkyl halides is 6. The van der Waals surface area contributed by atoms with Crippen molar-refractivity contribution in [2.24, 2.45) is 0 Å². The third-order valence-corrected chi connectivity index (χ3v) is 4.95. The molecular weight excluding hydrogens is 506 g/mol. The number of halogens is 6. The third-order valence-electron chi connectivity index (χ3n) is 4.95. The van der Waals surface area contributed by atoms with Crippen molar-refractivity contribution in [3.05, 3.63) is 69.4 Å². The van der Waals surface area contributed by atoms with Crippen molar-refractivity contribution in [3.63, 3.8) is 0 Å². The van der Waals surface area contributed by atoms with Crippen LogP contribution in [-0.2, 0) is 12.4 Å². The molecule has 3 aromatic heterocycles. The fourth-order valence-corrected chi connectivity index (χ4v) is 3.27. The van der Waals surface area contributed by atoms with E-state index in [1.807, 2.05) is 0 Å². The zero-order valence-corrected chi connectivity index (χ0v) is 18.3. The first-order valence-electron chi connectivity index (χ1n) is 9.31. The van der Waals surface area contributed by atoms with E-state index in [0.29, 0.717) is 12.1 Å². The number of aromatic nitrogens is 6. The maximum absolute atomic E-state index is 13.2. The van der Waals surface area contributed by atoms with Crippen LogP contribution < -0.4 is 5.56 Å². The summed E-state index contributed by atoms with van der Waals surface area (Å²) in [4.78, 5) is 30.2. The number of fused-ring (bicyclic) bond motifs is 1. The predicted molar refractivity (Wildman–Crippen MR) is 113 cm³/mol. The van der Waals surface area contributed by atoms with Crippen LogP contribution in [0.25, 0.3) is 17.0 Å². The molecule has 35 heavy (non-hydrogen) atoms. The van der Waals surface area contributed by atoms with Gasteiger partial charge >= 0.3 is 18.3 Å². The fraction of sp³-hybridized carbons (Fsp3) is 0.211. The Bertz CT molecular complexity index is 1440. The lowest BCUT2D eigenvalue weighted by Gasteiger charge is -2.18. The number of H-pyrrole nitrogens is 1. The Hall–Kier alpha value is -3.82. The van der Waals surface area contributed by atoms with Gasteiger partial charge in [-0.3, -0.25) is 14.5 Å². The molecule has 1 atom stereocenters. The summed E-state index contributed by atoms with van der Waals surface area (Å²) in [5.74, 6) is -1.44. The Morgan fingerprint density at radius 1 is 1.03 bits per heavy atom. The highest BCUT2D eigenvalue weighted by molar-refractivity contribution is 7.59. The number of carboxylic acids is 1. The van der Waals surface area contributed by atoms with Crippen LogP contribution in [0.15, 0.2) is 41.6 Å². The number of aromatic amines is 1. The first-order chi connectivity index (χ1) is 15.8. The number of aromatic carboxylic acids is 1. The molecule has 0 aliphatic heterocycles. The van der Waals surface area contributed by atoms with E-state index in [9.17, 15) is 35.9 Å². The predicted octanol–water partition coefficient (Wildman–Crippen LogP) is 3.76. The number of nitrogens with one attached hydrogen (secondary N) is 1. The van der Waals surface area contributed by atoms with Crippen LogP contribution >= 0.6 is 13.5 Å². The molecule has 0 aliphatic rings. The first kappa shape index (κ1) is 25.8. The Kier molecular flexibility index (Phi) is 6.45. The molecule has 9 nitrogen and oxygen atoms in total. The Morgan fingerprint density at radius 3 is 2.14 bits per heavy atom. The zero-order valence-electron chi connectivity index (χ0n) is 17.3. The lowest BCUT2D eigenvalue weighted by atomic mass is 10.0. The van der Waals surface area contributed by atoms with Crippen molar-refractivity contribution in [2.45, 2.75) is 25.3 Å². The SMILES string of the molecule is C[C@@H](c1cc(C(F)(F)F)cc(C(F)(F)F)c1)n1ncc2nc(-n3cc(C(=O)O)cn3)[nH]c(=O)c21.S. The van der Waals surface area contributed by atoms with Crippen LogP contribution in [0.4, 0.5) is 26.3 Å². The lowest BCUT2D eigenvalue weighted by molar-refractivity contribution is -0.143. The second kappa shape index (κ2) is 8.75. The second-order valence-corrected chi connectivity index (χ2v) is 7.21. The molecule has 4 aromatic rings. The monoisotopic (exact) mass is 520 g/mol. The maximum atomic E-state index is 13.2. The van der Waals surface area contributed by atoms with Crippen molar-refractivity contribution in [1.29, 1.82) is 0 Å². The molecule has 0 spiro atoms. The fourth-order valence-electron chi connectivity index (χ4n) is 3.27. The lowest BCUT2D eigenvalue weighted by Crippen LogP contribution is -2.20. The molecule has 0 saturated carbocycles. The van der Waals surface area contributed by atoms with Gasteiger partial charge in [0.15, 0.2) is 5.52 Å². The minimum absolute atomic E-state index is 0. The van der Waals surface area contributed by atoms with Gasteiger partial charge in [0.2, 0.25) is 5.95 Å². The molecule has 2 N–H and O–H groups in total. The molecule has 0 aliphatic carbocycles.